The summed E-state index contributed by atoms with van der Waals surface area (Å²) >= 11 is 0. The normalized spacial score (nSPS) is 12.1. The number of carbonyl (C=O) groups is 3. The summed E-state index contributed by atoms with van der Waals surface area (Å²) in [6.07, 6.45) is 4.20. The second-order valence-corrected chi connectivity index (χ2v) is 7.54. The van der Waals surface area contributed by atoms with E-state index in [0.29, 0.717) is 28.3 Å². The standard InChI is InChI=1S/C24H23N5O5/c1-15(10-22(31)29-21(24(25)33)11-19-12-26-13-27-19)34-20-8-4-17(5-9-20)23(32)16-2-6-18(7-3-16)28-14-30/h2-9,12-13,15,21H,10-11H2,1H3,(H2,25,33)(H,26,27)(H,29,31). The largest absolute Gasteiger partial charge is 0.490 e. The van der Waals surface area contributed by atoms with Gasteiger partial charge in [0.25, 0.3) is 0 Å². The molecule has 10 heteroatoms. The number of imidazole rings is 1. The van der Waals surface area contributed by atoms with Gasteiger partial charge in [-0.25, -0.2) is 9.78 Å². The van der Waals surface area contributed by atoms with Crippen LogP contribution >= 0.6 is 0 Å². The molecule has 0 spiro atoms. The number of carbonyl (C=O) groups excluding carboxylic acids is 4. The van der Waals surface area contributed by atoms with Crippen LogP contribution in [0.5, 0.6) is 5.75 Å². The highest BCUT2D eigenvalue weighted by Gasteiger charge is 2.21. The Morgan fingerprint density at radius 3 is 2.32 bits per heavy atom. The lowest BCUT2D eigenvalue weighted by molar-refractivity contribution is -0.128. The summed E-state index contributed by atoms with van der Waals surface area (Å²) in [4.78, 5) is 57.2. The van der Waals surface area contributed by atoms with Crippen molar-refractivity contribution >= 4 is 29.4 Å². The van der Waals surface area contributed by atoms with Gasteiger partial charge in [-0.3, -0.25) is 14.4 Å². The molecule has 4 N–H and O–H groups in total. The van der Waals surface area contributed by atoms with E-state index in [0.717, 1.165) is 0 Å². The van der Waals surface area contributed by atoms with E-state index in [1.165, 1.54) is 12.4 Å². The number of aromatic amines is 1. The predicted molar refractivity (Wildman–Crippen MR) is 122 cm³/mol. The minimum atomic E-state index is -0.871. The van der Waals surface area contributed by atoms with E-state index >= 15 is 0 Å². The molecule has 0 fully saturated rings. The number of aliphatic imine (C=N–C) groups is 1. The second-order valence-electron chi connectivity index (χ2n) is 7.54. The number of nitrogens with two attached hydrogens (primary N) is 1. The lowest BCUT2D eigenvalue weighted by Crippen LogP contribution is -2.46. The van der Waals surface area contributed by atoms with Gasteiger partial charge in [0, 0.05) is 29.4 Å². The van der Waals surface area contributed by atoms with Gasteiger partial charge in [-0.1, -0.05) is 0 Å². The van der Waals surface area contributed by atoms with Gasteiger partial charge in [-0.05, 0) is 55.5 Å². The van der Waals surface area contributed by atoms with Crippen LogP contribution in [0.3, 0.4) is 0 Å². The van der Waals surface area contributed by atoms with E-state index in [1.807, 2.05) is 0 Å². The summed E-state index contributed by atoms with van der Waals surface area (Å²) < 4.78 is 5.76. The molecular weight excluding hydrogens is 438 g/mol. The molecule has 10 nitrogen and oxygen atoms in total. The summed E-state index contributed by atoms with van der Waals surface area (Å²) in [5, 5.41) is 2.61. The van der Waals surface area contributed by atoms with Crippen molar-refractivity contribution in [1.29, 1.82) is 0 Å². The van der Waals surface area contributed by atoms with Crippen molar-refractivity contribution in [2.24, 2.45) is 10.7 Å². The molecule has 2 amide bonds. The zero-order valence-corrected chi connectivity index (χ0v) is 18.4. The Balaban J connectivity index is 1.53. The van der Waals surface area contributed by atoms with Crippen LogP contribution in [0.4, 0.5) is 5.69 Å². The van der Waals surface area contributed by atoms with Crippen LogP contribution in [0, 0.1) is 0 Å². The number of H-pyrrole nitrogens is 1. The fourth-order valence-corrected chi connectivity index (χ4v) is 3.22. The molecule has 1 aromatic heterocycles. The minimum Gasteiger partial charge on any atom is -0.490 e. The SMILES string of the molecule is CC(CC(=O)NC(Cc1cnc[nH]1)C(N)=O)Oc1ccc(C(=O)c2ccc(N=C=O)cc2)cc1. The molecule has 0 saturated heterocycles. The van der Waals surface area contributed by atoms with Crippen LogP contribution in [0.15, 0.2) is 66.0 Å². The first kappa shape index (κ1) is 24.1. The Labute approximate surface area is 195 Å². The Morgan fingerprint density at radius 2 is 1.76 bits per heavy atom. The molecule has 2 atom stereocenters. The summed E-state index contributed by atoms with van der Waals surface area (Å²) in [5.74, 6) is -0.750. The number of nitrogens with zero attached hydrogens (tertiary/aromatic N) is 2. The van der Waals surface area contributed by atoms with Crippen LogP contribution in [0.25, 0.3) is 0 Å². The third-order valence-corrected chi connectivity index (χ3v) is 4.89. The maximum absolute atomic E-state index is 12.6. The zero-order chi connectivity index (χ0) is 24.5. The van der Waals surface area contributed by atoms with E-state index in [9.17, 15) is 19.2 Å². The number of hydrogen-bond acceptors (Lipinski definition) is 7. The first-order valence-electron chi connectivity index (χ1n) is 10.4. The highest BCUT2D eigenvalue weighted by Crippen LogP contribution is 2.19. The van der Waals surface area contributed by atoms with Gasteiger partial charge in [-0.15, -0.1) is 0 Å². The van der Waals surface area contributed by atoms with Gasteiger partial charge in [0.1, 0.15) is 17.9 Å². The Hall–Kier alpha value is -4.56. The molecule has 2 unspecified atom stereocenters. The number of hydrogen-bond donors (Lipinski definition) is 3. The molecule has 0 bridgehead atoms. The molecule has 0 aliphatic rings. The third kappa shape index (κ3) is 6.72. The van der Waals surface area contributed by atoms with E-state index < -0.39 is 18.1 Å². The van der Waals surface area contributed by atoms with Gasteiger partial charge in [-0.2, -0.15) is 4.99 Å². The molecule has 174 valence electrons. The second kappa shape index (κ2) is 11.3. The van der Waals surface area contributed by atoms with Gasteiger partial charge in [0.2, 0.25) is 17.9 Å². The highest BCUT2D eigenvalue weighted by molar-refractivity contribution is 6.09. The quantitative estimate of drug-likeness (QED) is 0.225. The summed E-state index contributed by atoms with van der Waals surface area (Å²) in [5.41, 5.74) is 7.38. The van der Waals surface area contributed by atoms with Gasteiger partial charge < -0.3 is 20.8 Å². The monoisotopic (exact) mass is 461 g/mol. The molecule has 0 radical (unpaired) electrons. The van der Waals surface area contributed by atoms with Gasteiger partial charge >= 0.3 is 0 Å². The van der Waals surface area contributed by atoms with Crippen LogP contribution in [0.2, 0.25) is 0 Å². The lowest BCUT2D eigenvalue weighted by Gasteiger charge is -2.18. The number of aromatic nitrogens is 2. The minimum absolute atomic E-state index is 0.00303. The topological polar surface area (TPSA) is 157 Å². The van der Waals surface area contributed by atoms with Crippen LogP contribution in [0.1, 0.15) is 35.0 Å². The van der Waals surface area contributed by atoms with E-state index in [2.05, 4.69) is 20.3 Å². The average molecular weight is 461 g/mol. The molecule has 3 aromatic rings. The third-order valence-electron chi connectivity index (χ3n) is 4.89. The molecular formula is C24H23N5O5. The molecule has 2 aromatic carbocycles. The first-order chi connectivity index (χ1) is 16.4. The number of amides is 2. The fraction of sp³-hybridized carbons (Fsp3) is 0.208. The van der Waals surface area contributed by atoms with Crippen molar-refractivity contribution in [3.8, 4) is 5.75 Å². The van der Waals surface area contributed by atoms with Crippen molar-refractivity contribution < 1.29 is 23.9 Å². The van der Waals surface area contributed by atoms with Crippen molar-refractivity contribution in [3.63, 3.8) is 0 Å². The molecule has 3 rings (SSSR count). The first-order valence-corrected chi connectivity index (χ1v) is 10.4. The highest BCUT2D eigenvalue weighted by atomic mass is 16.5. The maximum atomic E-state index is 12.6. The number of benzene rings is 2. The van der Waals surface area contributed by atoms with E-state index in [1.54, 1.807) is 61.7 Å². The van der Waals surface area contributed by atoms with Crippen LogP contribution < -0.4 is 15.8 Å². The predicted octanol–water partition coefficient (Wildman–Crippen LogP) is 1.98. The van der Waals surface area contributed by atoms with E-state index in [-0.39, 0.29) is 24.5 Å². The smallest absolute Gasteiger partial charge is 0.240 e. The molecule has 34 heavy (non-hydrogen) atoms. The van der Waals surface area contributed by atoms with Gasteiger partial charge in [0.05, 0.1) is 18.4 Å². The molecule has 0 saturated carbocycles. The van der Waals surface area contributed by atoms with Crippen LogP contribution in [-0.2, 0) is 20.8 Å². The van der Waals surface area contributed by atoms with Crippen molar-refractivity contribution in [2.45, 2.75) is 31.9 Å². The number of nitrogens with one attached hydrogen (secondary N) is 2. The number of ketones is 1. The lowest BCUT2D eigenvalue weighted by atomic mass is 10.0. The Morgan fingerprint density at radius 1 is 1.12 bits per heavy atom. The number of isocyanates is 1. The van der Waals surface area contributed by atoms with Crippen LogP contribution in [-0.4, -0.2) is 45.8 Å². The number of ether oxygens (including phenoxy) is 1. The zero-order valence-electron chi connectivity index (χ0n) is 18.4. The average Bonchev–Trinajstić information content (AvgIpc) is 3.32. The maximum Gasteiger partial charge on any atom is 0.240 e. The Bertz CT molecular complexity index is 1180. The number of rotatable bonds is 11. The van der Waals surface area contributed by atoms with E-state index in [4.69, 9.17) is 10.5 Å². The Kier molecular flexibility index (Phi) is 8.04. The van der Waals surface area contributed by atoms with Gasteiger partial charge in [0.15, 0.2) is 5.78 Å². The van der Waals surface area contributed by atoms with Crippen molar-refractivity contribution in [2.75, 3.05) is 0 Å². The summed E-state index contributed by atoms with van der Waals surface area (Å²) in [7, 11) is 0. The van der Waals surface area contributed by atoms with Crippen molar-refractivity contribution in [1.82, 2.24) is 15.3 Å². The fourth-order valence-electron chi connectivity index (χ4n) is 3.22. The van der Waals surface area contributed by atoms with Crippen molar-refractivity contribution in [3.05, 3.63) is 77.9 Å². The summed E-state index contributed by atoms with van der Waals surface area (Å²) in [6, 6.07) is 11.9. The number of primary amides is 1. The molecule has 0 aliphatic carbocycles. The summed E-state index contributed by atoms with van der Waals surface area (Å²) in [6.45, 7) is 1.72. The molecule has 1 heterocycles. The molecule has 0 aliphatic heterocycles.